The van der Waals surface area contributed by atoms with Gasteiger partial charge in [-0.3, -0.25) is 4.79 Å². The van der Waals surface area contributed by atoms with Crippen molar-refractivity contribution in [1.82, 2.24) is 5.16 Å². The smallest absolute Gasteiger partial charge is 0.362 e. The van der Waals surface area contributed by atoms with Gasteiger partial charge in [-0.15, -0.1) is 0 Å². The number of hydrogen-bond acceptors (Lipinski definition) is 4. The van der Waals surface area contributed by atoms with Gasteiger partial charge < -0.3 is 15.4 Å². The first kappa shape index (κ1) is 8.54. The summed E-state index contributed by atoms with van der Waals surface area (Å²) in [5.74, 6) is -1.26. The van der Waals surface area contributed by atoms with Crippen LogP contribution >= 0.6 is 0 Å². The van der Waals surface area contributed by atoms with Gasteiger partial charge in [0.1, 0.15) is 6.04 Å². The number of carboxylic acid groups (broad SMARTS) is 1. The van der Waals surface area contributed by atoms with Gasteiger partial charge in [-0.2, -0.15) is 0 Å². The second-order valence-electron chi connectivity index (χ2n) is 2.35. The molecule has 66 valence electrons. The third kappa shape index (κ3) is 1.24. The Bertz CT molecular complexity index is 351. The first-order valence-electron chi connectivity index (χ1n) is 3.20. The lowest BCUT2D eigenvalue weighted by atomic mass is 10.1. The fourth-order valence-electron chi connectivity index (χ4n) is 0.870. The number of carboxylic acids is 1. The first-order valence-corrected chi connectivity index (χ1v) is 3.20. The predicted octanol–water partition coefficient (Wildman–Crippen LogP) is -0.639. The average Bonchev–Trinajstić information content (AvgIpc) is 2.30. The summed E-state index contributed by atoms with van der Waals surface area (Å²) in [6, 6.07) is -1.33. The van der Waals surface area contributed by atoms with Gasteiger partial charge in [0.25, 0.3) is 0 Å². The van der Waals surface area contributed by atoms with Crippen molar-refractivity contribution in [1.29, 1.82) is 0 Å². The van der Waals surface area contributed by atoms with E-state index in [0.29, 0.717) is 5.69 Å². The Labute approximate surface area is 66.9 Å². The number of aromatic amines is 1. The molecule has 1 aromatic rings. The van der Waals surface area contributed by atoms with Crippen molar-refractivity contribution >= 4 is 5.97 Å². The standard InChI is InChI=1S/C6H8N2O4/c1-2-3(4(7)5(9)10)6(11)12-8-2/h4,8H,7H2,1H3,(H,9,10)/t4-/m0/s1. The molecule has 0 aliphatic rings. The quantitative estimate of drug-likeness (QED) is 0.549. The molecule has 1 heterocycles. The minimum Gasteiger partial charge on any atom is -0.480 e. The number of aromatic nitrogens is 1. The highest BCUT2D eigenvalue weighted by Crippen LogP contribution is 2.08. The van der Waals surface area contributed by atoms with Crippen LogP contribution in [-0.2, 0) is 4.79 Å². The number of rotatable bonds is 2. The Kier molecular flexibility index (Phi) is 2.01. The van der Waals surface area contributed by atoms with E-state index < -0.39 is 17.6 Å². The van der Waals surface area contributed by atoms with Gasteiger partial charge in [-0.05, 0) is 6.92 Å². The molecular weight excluding hydrogens is 164 g/mol. The number of aliphatic carboxylic acids is 1. The molecule has 0 aromatic carbocycles. The molecule has 12 heavy (non-hydrogen) atoms. The molecule has 4 N–H and O–H groups in total. The summed E-state index contributed by atoms with van der Waals surface area (Å²) in [5, 5.41) is 10.7. The van der Waals surface area contributed by atoms with E-state index in [1.165, 1.54) is 6.92 Å². The van der Waals surface area contributed by atoms with Gasteiger partial charge in [0, 0.05) is 0 Å². The molecular formula is C6H8N2O4. The highest BCUT2D eigenvalue weighted by Gasteiger charge is 2.22. The van der Waals surface area contributed by atoms with Crippen molar-refractivity contribution in [2.45, 2.75) is 13.0 Å². The van der Waals surface area contributed by atoms with Gasteiger partial charge in [-0.1, -0.05) is 0 Å². The van der Waals surface area contributed by atoms with Crippen LogP contribution in [0, 0.1) is 6.92 Å². The molecule has 1 aromatic heterocycles. The number of nitrogens with two attached hydrogens (primary N) is 1. The van der Waals surface area contributed by atoms with Crippen molar-refractivity contribution in [3.63, 3.8) is 0 Å². The lowest BCUT2D eigenvalue weighted by Gasteiger charge is -2.00. The van der Waals surface area contributed by atoms with E-state index >= 15 is 0 Å². The van der Waals surface area contributed by atoms with E-state index in [4.69, 9.17) is 10.8 Å². The summed E-state index contributed by atoms with van der Waals surface area (Å²) in [6.07, 6.45) is 0. The van der Waals surface area contributed by atoms with E-state index in [9.17, 15) is 9.59 Å². The van der Waals surface area contributed by atoms with Gasteiger partial charge >= 0.3 is 11.6 Å². The Morgan fingerprint density at radius 2 is 2.33 bits per heavy atom. The van der Waals surface area contributed by atoms with Crippen molar-refractivity contribution < 1.29 is 14.4 Å². The minimum absolute atomic E-state index is 0.0394. The molecule has 6 heteroatoms. The van der Waals surface area contributed by atoms with Crippen molar-refractivity contribution in [2.75, 3.05) is 0 Å². The van der Waals surface area contributed by atoms with Crippen LogP contribution in [0.2, 0.25) is 0 Å². The molecule has 6 nitrogen and oxygen atoms in total. The molecule has 0 saturated carbocycles. The second-order valence-corrected chi connectivity index (χ2v) is 2.35. The summed E-state index contributed by atoms with van der Waals surface area (Å²) in [4.78, 5) is 21.2. The fourth-order valence-corrected chi connectivity index (χ4v) is 0.870. The highest BCUT2D eigenvalue weighted by molar-refractivity contribution is 5.75. The molecule has 0 unspecified atom stereocenters. The number of nitrogens with one attached hydrogen (secondary N) is 1. The monoisotopic (exact) mass is 172 g/mol. The van der Waals surface area contributed by atoms with Crippen LogP contribution in [0.1, 0.15) is 17.3 Å². The van der Waals surface area contributed by atoms with Crippen LogP contribution in [0.15, 0.2) is 9.32 Å². The largest absolute Gasteiger partial charge is 0.480 e. The highest BCUT2D eigenvalue weighted by atomic mass is 16.5. The predicted molar refractivity (Wildman–Crippen MR) is 38.6 cm³/mol. The molecule has 1 atom stereocenters. The Morgan fingerprint density at radius 1 is 1.75 bits per heavy atom. The van der Waals surface area contributed by atoms with E-state index in [1.807, 2.05) is 0 Å². The fraction of sp³-hybridized carbons (Fsp3) is 0.333. The molecule has 0 aliphatic heterocycles. The van der Waals surface area contributed by atoms with E-state index in [-0.39, 0.29) is 5.56 Å². The summed E-state index contributed by atoms with van der Waals surface area (Å²) in [6.45, 7) is 1.52. The Hall–Kier alpha value is -1.56. The van der Waals surface area contributed by atoms with Crippen molar-refractivity contribution in [3.8, 4) is 0 Å². The van der Waals surface area contributed by atoms with E-state index in [1.54, 1.807) is 0 Å². The Balaban J connectivity index is 3.18. The van der Waals surface area contributed by atoms with Crippen LogP contribution < -0.4 is 11.4 Å². The van der Waals surface area contributed by atoms with Gasteiger partial charge in [-0.25, -0.2) is 9.95 Å². The molecule has 0 spiro atoms. The van der Waals surface area contributed by atoms with Crippen LogP contribution in [-0.4, -0.2) is 16.2 Å². The summed E-state index contributed by atoms with van der Waals surface area (Å²) < 4.78 is 4.34. The molecule has 0 bridgehead atoms. The lowest BCUT2D eigenvalue weighted by molar-refractivity contribution is -0.138. The van der Waals surface area contributed by atoms with E-state index in [0.717, 1.165) is 0 Å². The molecule has 1 rings (SSSR count). The third-order valence-electron chi connectivity index (χ3n) is 1.50. The maximum atomic E-state index is 10.8. The summed E-state index contributed by atoms with van der Waals surface area (Å²) in [5.41, 5.74) is 4.77. The normalized spacial score (nSPS) is 12.8. The minimum atomic E-state index is -1.33. The van der Waals surface area contributed by atoms with Gasteiger partial charge in [0.2, 0.25) is 0 Å². The molecule has 0 radical (unpaired) electrons. The van der Waals surface area contributed by atoms with Crippen LogP contribution in [0.25, 0.3) is 0 Å². The second kappa shape index (κ2) is 2.82. The maximum absolute atomic E-state index is 10.8. The molecule has 0 fully saturated rings. The average molecular weight is 172 g/mol. The van der Waals surface area contributed by atoms with Crippen LogP contribution in [0.5, 0.6) is 0 Å². The van der Waals surface area contributed by atoms with Crippen LogP contribution in [0.3, 0.4) is 0 Å². The first-order chi connectivity index (χ1) is 5.54. The molecule has 0 aliphatic carbocycles. The molecule has 0 saturated heterocycles. The zero-order valence-electron chi connectivity index (χ0n) is 6.33. The Morgan fingerprint density at radius 3 is 2.67 bits per heavy atom. The number of hydrogen-bond donors (Lipinski definition) is 3. The number of carbonyl (C=O) groups is 1. The van der Waals surface area contributed by atoms with Gasteiger partial charge in [0.05, 0.1) is 11.3 Å². The summed E-state index contributed by atoms with van der Waals surface area (Å²) >= 11 is 0. The maximum Gasteiger partial charge on any atom is 0.362 e. The summed E-state index contributed by atoms with van der Waals surface area (Å²) in [7, 11) is 0. The van der Waals surface area contributed by atoms with Crippen molar-refractivity contribution in [2.24, 2.45) is 5.73 Å². The topological polar surface area (TPSA) is 109 Å². The number of H-pyrrole nitrogens is 1. The van der Waals surface area contributed by atoms with Crippen LogP contribution in [0.4, 0.5) is 0 Å². The van der Waals surface area contributed by atoms with Crippen molar-refractivity contribution in [3.05, 3.63) is 21.7 Å². The third-order valence-corrected chi connectivity index (χ3v) is 1.50. The van der Waals surface area contributed by atoms with E-state index in [2.05, 4.69) is 9.68 Å². The zero-order valence-corrected chi connectivity index (χ0v) is 6.33. The number of aryl methyl sites for hydroxylation is 1. The van der Waals surface area contributed by atoms with Gasteiger partial charge in [0.15, 0.2) is 0 Å². The zero-order chi connectivity index (χ0) is 9.30. The SMILES string of the molecule is Cc1[nH]oc(=O)c1[C@H](N)C(=O)O. The lowest BCUT2D eigenvalue weighted by Crippen LogP contribution is -2.25. The molecule has 0 amide bonds.